The highest BCUT2D eigenvalue weighted by Crippen LogP contribution is 2.18. The van der Waals surface area contributed by atoms with Gasteiger partial charge in [0, 0.05) is 6.54 Å². The van der Waals surface area contributed by atoms with E-state index < -0.39 is 6.10 Å². The Bertz CT molecular complexity index is 427. The SMILES string of the molecule is CCC(Oc1ccc(C)c(C)c1)C(=O)NCC(C)C. The topological polar surface area (TPSA) is 38.3 Å². The van der Waals surface area contributed by atoms with Crippen molar-refractivity contribution < 1.29 is 9.53 Å². The smallest absolute Gasteiger partial charge is 0.261 e. The minimum absolute atomic E-state index is 0.0329. The number of hydrogen-bond donors (Lipinski definition) is 1. The molecular weight excluding hydrogens is 238 g/mol. The quantitative estimate of drug-likeness (QED) is 0.855. The predicted octanol–water partition coefficient (Wildman–Crippen LogP) is 3.23. The third-order valence-electron chi connectivity index (χ3n) is 3.10. The third kappa shape index (κ3) is 4.93. The molecule has 0 heterocycles. The molecule has 1 aromatic rings. The van der Waals surface area contributed by atoms with Gasteiger partial charge in [0.15, 0.2) is 6.10 Å². The lowest BCUT2D eigenvalue weighted by Gasteiger charge is -2.18. The van der Waals surface area contributed by atoms with Crippen LogP contribution in [0.25, 0.3) is 0 Å². The number of aryl methyl sites for hydroxylation is 2. The minimum atomic E-state index is -0.416. The van der Waals surface area contributed by atoms with Crippen LogP contribution in [0.5, 0.6) is 5.75 Å². The maximum atomic E-state index is 12.0. The number of carbonyl (C=O) groups excluding carboxylic acids is 1. The second-order valence-electron chi connectivity index (χ2n) is 5.40. The molecule has 1 unspecified atom stereocenters. The van der Waals surface area contributed by atoms with Crippen LogP contribution in [0.4, 0.5) is 0 Å². The number of hydrogen-bond acceptors (Lipinski definition) is 2. The van der Waals surface area contributed by atoms with Crippen LogP contribution >= 0.6 is 0 Å². The highest BCUT2D eigenvalue weighted by atomic mass is 16.5. The molecule has 1 N–H and O–H groups in total. The zero-order valence-corrected chi connectivity index (χ0v) is 12.6. The van der Waals surface area contributed by atoms with Gasteiger partial charge in [0.1, 0.15) is 5.75 Å². The van der Waals surface area contributed by atoms with Crippen molar-refractivity contribution in [2.24, 2.45) is 5.92 Å². The fourth-order valence-corrected chi connectivity index (χ4v) is 1.69. The molecule has 0 aliphatic carbocycles. The minimum Gasteiger partial charge on any atom is -0.481 e. The molecule has 0 bridgehead atoms. The molecule has 1 rings (SSSR count). The van der Waals surface area contributed by atoms with Crippen molar-refractivity contribution in [2.75, 3.05) is 6.54 Å². The van der Waals surface area contributed by atoms with E-state index in [1.165, 1.54) is 11.1 Å². The molecule has 19 heavy (non-hydrogen) atoms. The molecule has 0 fully saturated rings. The Kier molecular flexibility index (Phi) is 5.87. The fraction of sp³-hybridized carbons (Fsp3) is 0.562. The highest BCUT2D eigenvalue weighted by molar-refractivity contribution is 5.81. The van der Waals surface area contributed by atoms with Crippen molar-refractivity contribution in [1.29, 1.82) is 0 Å². The van der Waals surface area contributed by atoms with Gasteiger partial charge in [-0.3, -0.25) is 4.79 Å². The first-order chi connectivity index (χ1) is 8.93. The first kappa shape index (κ1) is 15.5. The molecule has 0 aromatic heterocycles. The molecule has 1 aromatic carbocycles. The Morgan fingerprint density at radius 2 is 1.95 bits per heavy atom. The van der Waals surface area contributed by atoms with Crippen LogP contribution in [0.2, 0.25) is 0 Å². The summed E-state index contributed by atoms with van der Waals surface area (Å²) in [5, 5.41) is 2.92. The molecule has 0 saturated heterocycles. The normalized spacial score (nSPS) is 12.3. The molecule has 0 aliphatic heterocycles. The van der Waals surface area contributed by atoms with E-state index in [4.69, 9.17) is 4.74 Å². The zero-order chi connectivity index (χ0) is 14.4. The molecule has 0 aliphatic rings. The van der Waals surface area contributed by atoms with Gasteiger partial charge in [0.2, 0.25) is 0 Å². The van der Waals surface area contributed by atoms with Gasteiger partial charge in [-0.25, -0.2) is 0 Å². The predicted molar refractivity (Wildman–Crippen MR) is 78.5 cm³/mol. The van der Waals surface area contributed by atoms with E-state index in [-0.39, 0.29) is 5.91 Å². The lowest BCUT2D eigenvalue weighted by molar-refractivity contribution is -0.128. The van der Waals surface area contributed by atoms with Crippen molar-refractivity contribution in [3.8, 4) is 5.75 Å². The Balaban J connectivity index is 2.65. The summed E-state index contributed by atoms with van der Waals surface area (Å²) < 4.78 is 5.78. The van der Waals surface area contributed by atoms with Gasteiger partial charge in [-0.05, 0) is 49.4 Å². The van der Waals surface area contributed by atoms with E-state index in [2.05, 4.69) is 26.1 Å². The van der Waals surface area contributed by atoms with E-state index in [9.17, 15) is 4.79 Å². The highest BCUT2D eigenvalue weighted by Gasteiger charge is 2.18. The van der Waals surface area contributed by atoms with Crippen molar-refractivity contribution in [3.63, 3.8) is 0 Å². The molecule has 0 radical (unpaired) electrons. The van der Waals surface area contributed by atoms with Crippen molar-refractivity contribution in [3.05, 3.63) is 29.3 Å². The summed E-state index contributed by atoms with van der Waals surface area (Å²) >= 11 is 0. The van der Waals surface area contributed by atoms with Crippen LogP contribution in [0.1, 0.15) is 38.3 Å². The second kappa shape index (κ2) is 7.17. The van der Waals surface area contributed by atoms with E-state index in [0.29, 0.717) is 18.9 Å². The maximum Gasteiger partial charge on any atom is 0.261 e. The zero-order valence-electron chi connectivity index (χ0n) is 12.6. The second-order valence-corrected chi connectivity index (χ2v) is 5.40. The molecule has 1 amide bonds. The van der Waals surface area contributed by atoms with Gasteiger partial charge >= 0.3 is 0 Å². The Hall–Kier alpha value is -1.51. The van der Waals surface area contributed by atoms with Gasteiger partial charge in [-0.1, -0.05) is 26.8 Å². The summed E-state index contributed by atoms with van der Waals surface area (Å²) in [6.07, 6.45) is 0.248. The molecular formula is C16H25NO2. The van der Waals surface area contributed by atoms with E-state index in [1.807, 2.05) is 32.0 Å². The first-order valence-corrected chi connectivity index (χ1v) is 6.95. The average molecular weight is 263 g/mol. The summed E-state index contributed by atoms with van der Waals surface area (Å²) in [6, 6.07) is 5.91. The summed E-state index contributed by atoms with van der Waals surface area (Å²) in [6.45, 7) is 10.9. The number of amides is 1. The maximum absolute atomic E-state index is 12.0. The lowest BCUT2D eigenvalue weighted by atomic mass is 10.1. The van der Waals surface area contributed by atoms with Gasteiger partial charge in [0.25, 0.3) is 5.91 Å². The molecule has 3 heteroatoms. The fourth-order valence-electron chi connectivity index (χ4n) is 1.69. The number of carbonyl (C=O) groups is 1. The largest absolute Gasteiger partial charge is 0.481 e. The van der Waals surface area contributed by atoms with Crippen LogP contribution in [0, 0.1) is 19.8 Å². The van der Waals surface area contributed by atoms with Crippen LogP contribution in [-0.2, 0) is 4.79 Å². The van der Waals surface area contributed by atoms with Gasteiger partial charge in [-0.15, -0.1) is 0 Å². The van der Waals surface area contributed by atoms with E-state index in [0.717, 1.165) is 5.75 Å². The standard InChI is InChI=1S/C16H25NO2/c1-6-15(16(18)17-10-11(2)3)19-14-8-7-12(4)13(5)9-14/h7-9,11,15H,6,10H2,1-5H3,(H,17,18). The van der Waals surface area contributed by atoms with Crippen molar-refractivity contribution in [1.82, 2.24) is 5.32 Å². The van der Waals surface area contributed by atoms with Crippen LogP contribution in [0.3, 0.4) is 0 Å². The number of rotatable bonds is 6. The Morgan fingerprint density at radius 1 is 1.26 bits per heavy atom. The number of ether oxygens (including phenoxy) is 1. The summed E-state index contributed by atoms with van der Waals surface area (Å²) in [7, 11) is 0. The third-order valence-corrected chi connectivity index (χ3v) is 3.10. The molecule has 1 atom stereocenters. The van der Waals surface area contributed by atoms with Crippen molar-refractivity contribution >= 4 is 5.91 Å². The van der Waals surface area contributed by atoms with E-state index >= 15 is 0 Å². The first-order valence-electron chi connectivity index (χ1n) is 6.95. The van der Waals surface area contributed by atoms with Gasteiger partial charge in [-0.2, -0.15) is 0 Å². The molecule has 0 spiro atoms. The number of benzene rings is 1. The number of nitrogens with one attached hydrogen (secondary N) is 1. The van der Waals surface area contributed by atoms with E-state index in [1.54, 1.807) is 0 Å². The lowest BCUT2D eigenvalue weighted by Crippen LogP contribution is -2.39. The van der Waals surface area contributed by atoms with Crippen LogP contribution in [0.15, 0.2) is 18.2 Å². The summed E-state index contributed by atoms with van der Waals surface area (Å²) in [4.78, 5) is 12.0. The monoisotopic (exact) mass is 263 g/mol. The van der Waals surface area contributed by atoms with Crippen LogP contribution < -0.4 is 10.1 Å². The van der Waals surface area contributed by atoms with Gasteiger partial charge in [0.05, 0.1) is 0 Å². The molecule has 0 saturated carbocycles. The Morgan fingerprint density at radius 3 is 2.47 bits per heavy atom. The van der Waals surface area contributed by atoms with Gasteiger partial charge < -0.3 is 10.1 Å². The Labute approximate surface area is 116 Å². The average Bonchev–Trinajstić information content (AvgIpc) is 2.37. The summed E-state index contributed by atoms with van der Waals surface area (Å²) in [5.74, 6) is 1.17. The van der Waals surface area contributed by atoms with Crippen molar-refractivity contribution in [2.45, 2.75) is 47.1 Å². The molecule has 3 nitrogen and oxygen atoms in total. The van der Waals surface area contributed by atoms with Crippen LogP contribution in [-0.4, -0.2) is 18.6 Å². The molecule has 106 valence electrons. The summed E-state index contributed by atoms with van der Waals surface area (Å²) in [5.41, 5.74) is 2.40.